The Morgan fingerprint density at radius 2 is 2.35 bits per heavy atom. The van der Waals surface area contributed by atoms with E-state index < -0.39 is 0 Å². The smallest absolute Gasteiger partial charge is 0.255 e. The summed E-state index contributed by atoms with van der Waals surface area (Å²) in [6, 6.07) is 2.09. The van der Waals surface area contributed by atoms with Gasteiger partial charge in [-0.2, -0.15) is 0 Å². The number of nitrogens with one attached hydrogen (secondary N) is 2. The highest BCUT2D eigenvalue weighted by Gasteiger charge is 2.29. The maximum atomic E-state index is 12.1. The summed E-state index contributed by atoms with van der Waals surface area (Å²) < 4.78 is 0. The monoisotopic (exact) mass is 233 g/mol. The Hall–Kier alpha value is -1.58. The first kappa shape index (κ1) is 11.9. The SMILES string of the molecule is CCNc1ccncc1C(=O)NC(C)C1CC1. The lowest BCUT2D eigenvalue weighted by Crippen LogP contribution is -2.34. The number of aromatic nitrogens is 1. The van der Waals surface area contributed by atoms with E-state index in [-0.39, 0.29) is 11.9 Å². The van der Waals surface area contributed by atoms with E-state index in [1.165, 1.54) is 12.8 Å². The van der Waals surface area contributed by atoms with Crippen molar-refractivity contribution in [1.82, 2.24) is 10.3 Å². The van der Waals surface area contributed by atoms with Crippen molar-refractivity contribution in [2.24, 2.45) is 5.92 Å². The standard InChI is InChI=1S/C13H19N3O/c1-3-15-12-6-7-14-8-11(12)13(17)16-9(2)10-4-5-10/h6-10H,3-5H2,1-2H3,(H,14,15)(H,16,17). The molecule has 1 aromatic rings. The van der Waals surface area contributed by atoms with Crippen LogP contribution in [0.4, 0.5) is 5.69 Å². The molecule has 4 heteroatoms. The first-order chi connectivity index (χ1) is 8.22. The van der Waals surface area contributed by atoms with Crippen LogP contribution in [0.5, 0.6) is 0 Å². The maximum Gasteiger partial charge on any atom is 0.255 e. The molecule has 0 aromatic carbocycles. The van der Waals surface area contributed by atoms with Gasteiger partial charge in [0.15, 0.2) is 0 Å². The molecule has 1 fully saturated rings. The van der Waals surface area contributed by atoms with E-state index in [9.17, 15) is 4.79 Å². The van der Waals surface area contributed by atoms with Crippen molar-refractivity contribution in [3.05, 3.63) is 24.0 Å². The van der Waals surface area contributed by atoms with E-state index in [0.29, 0.717) is 11.5 Å². The van der Waals surface area contributed by atoms with Gasteiger partial charge in [-0.05, 0) is 38.7 Å². The minimum atomic E-state index is -0.0338. The quantitative estimate of drug-likeness (QED) is 0.818. The number of pyridine rings is 1. The first-order valence-corrected chi connectivity index (χ1v) is 6.21. The molecule has 1 aromatic heterocycles. The third-order valence-electron chi connectivity index (χ3n) is 3.12. The Labute approximate surface area is 102 Å². The van der Waals surface area contributed by atoms with Crippen molar-refractivity contribution in [1.29, 1.82) is 0 Å². The van der Waals surface area contributed by atoms with Crippen LogP contribution in [0.1, 0.15) is 37.0 Å². The van der Waals surface area contributed by atoms with Gasteiger partial charge in [-0.15, -0.1) is 0 Å². The number of amides is 1. The van der Waals surface area contributed by atoms with Crippen LogP contribution < -0.4 is 10.6 Å². The van der Waals surface area contributed by atoms with Crippen LogP contribution in [-0.2, 0) is 0 Å². The summed E-state index contributed by atoms with van der Waals surface area (Å²) in [7, 11) is 0. The lowest BCUT2D eigenvalue weighted by atomic mass is 10.1. The Morgan fingerprint density at radius 1 is 1.59 bits per heavy atom. The minimum Gasteiger partial charge on any atom is -0.385 e. The van der Waals surface area contributed by atoms with Crippen LogP contribution in [0.2, 0.25) is 0 Å². The van der Waals surface area contributed by atoms with Gasteiger partial charge in [-0.3, -0.25) is 9.78 Å². The van der Waals surface area contributed by atoms with Crippen LogP contribution in [0.3, 0.4) is 0 Å². The zero-order valence-corrected chi connectivity index (χ0v) is 10.4. The molecule has 1 amide bonds. The molecule has 1 saturated carbocycles. The Bertz CT molecular complexity index is 401. The summed E-state index contributed by atoms with van der Waals surface area (Å²) in [5, 5.41) is 6.21. The number of nitrogens with zero attached hydrogens (tertiary/aromatic N) is 1. The zero-order valence-electron chi connectivity index (χ0n) is 10.4. The normalized spacial score (nSPS) is 16.4. The third-order valence-corrected chi connectivity index (χ3v) is 3.12. The average molecular weight is 233 g/mol. The topological polar surface area (TPSA) is 54.0 Å². The molecule has 17 heavy (non-hydrogen) atoms. The van der Waals surface area contributed by atoms with Crippen molar-refractivity contribution < 1.29 is 4.79 Å². The van der Waals surface area contributed by atoms with Gasteiger partial charge >= 0.3 is 0 Å². The predicted molar refractivity (Wildman–Crippen MR) is 68.1 cm³/mol. The highest BCUT2D eigenvalue weighted by molar-refractivity contribution is 5.99. The number of anilines is 1. The van der Waals surface area contributed by atoms with Crippen molar-refractivity contribution in [2.45, 2.75) is 32.7 Å². The van der Waals surface area contributed by atoms with Crippen molar-refractivity contribution in [3.8, 4) is 0 Å². The molecule has 2 rings (SSSR count). The van der Waals surface area contributed by atoms with E-state index in [1.54, 1.807) is 12.4 Å². The van der Waals surface area contributed by atoms with E-state index in [0.717, 1.165) is 12.2 Å². The van der Waals surface area contributed by atoms with E-state index in [2.05, 4.69) is 22.5 Å². The number of carbonyl (C=O) groups excluding carboxylic acids is 1. The summed E-state index contributed by atoms with van der Waals surface area (Å²) >= 11 is 0. The molecule has 1 atom stereocenters. The Morgan fingerprint density at radius 3 is 3.00 bits per heavy atom. The molecule has 0 aliphatic heterocycles. The largest absolute Gasteiger partial charge is 0.385 e. The second-order valence-corrected chi connectivity index (χ2v) is 4.55. The van der Waals surface area contributed by atoms with Crippen LogP contribution in [-0.4, -0.2) is 23.5 Å². The summed E-state index contributed by atoms with van der Waals surface area (Å²) in [5.74, 6) is 0.631. The van der Waals surface area contributed by atoms with Gasteiger partial charge in [-0.1, -0.05) is 0 Å². The molecule has 1 heterocycles. The molecule has 92 valence electrons. The molecule has 0 saturated heterocycles. The molecule has 0 spiro atoms. The molecule has 1 unspecified atom stereocenters. The number of hydrogen-bond donors (Lipinski definition) is 2. The molecule has 2 N–H and O–H groups in total. The fourth-order valence-electron chi connectivity index (χ4n) is 1.92. The van der Waals surface area contributed by atoms with Gasteiger partial charge < -0.3 is 10.6 Å². The minimum absolute atomic E-state index is 0.0338. The van der Waals surface area contributed by atoms with Gasteiger partial charge in [0.2, 0.25) is 0 Å². The Balaban J connectivity index is 2.06. The highest BCUT2D eigenvalue weighted by Crippen LogP contribution is 2.32. The van der Waals surface area contributed by atoms with E-state index in [4.69, 9.17) is 0 Å². The van der Waals surface area contributed by atoms with Crippen molar-refractivity contribution in [2.75, 3.05) is 11.9 Å². The van der Waals surface area contributed by atoms with Crippen LogP contribution in [0, 0.1) is 5.92 Å². The molecule has 1 aliphatic rings. The van der Waals surface area contributed by atoms with Crippen LogP contribution >= 0.6 is 0 Å². The first-order valence-electron chi connectivity index (χ1n) is 6.21. The van der Waals surface area contributed by atoms with E-state index in [1.807, 2.05) is 13.0 Å². The Kier molecular flexibility index (Phi) is 3.61. The second kappa shape index (κ2) is 5.17. The third kappa shape index (κ3) is 2.96. The molecule has 0 bridgehead atoms. The molecular weight excluding hydrogens is 214 g/mol. The lowest BCUT2D eigenvalue weighted by Gasteiger charge is -2.15. The van der Waals surface area contributed by atoms with Crippen LogP contribution in [0.15, 0.2) is 18.5 Å². The zero-order chi connectivity index (χ0) is 12.3. The number of carbonyl (C=O) groups is 1. The highest BCUT2D eigenvalue weighted by atomic mass is 16.1. The summed E-state index contributed by atoms with van der Waals surface area (Å²) in [6.45, 7) is 4.87. The van der Waals surface area contributed by atoms with Gasteiger partial charge in [0.1, 0.15) is 0 Å². The van der Waals surface area contributed by atoms with Crippen LogP contribution in [0.25, 0.3) is 0 Å². The summed E-state index contributed by atoms with van der Waals surface area (Å²) in [6.07, 6.45) is 5.77. The summed E-state index contributed by atoms with van der Waals surface area (Å²) in [4.78, 5) is 16.1. The molecule has 4 nitrogen and oxygen atoms in total. The molecule has 1 aliphatic carbocycles. The number of hydrogen-bond acceptors (Lipinski definition) is 3. The van der Waals surface area contributed by atoms with Crippen molar-refractivity contribution in [3.63, 3.8) is 0 Å². The number of rotatable bonds is 5. The van der Waals surface area contributed by atoms with E-state index >= 15 is 0 Å². The molecule has 0 radical (unpaired) electrons. The summed E-state index contributed by atoms with van der Waals surface area (Å²) in [5.41, 5.74) is 1.48. The average Bonchev–Trinajstić information content (AvgIpc) is 3.13. The fraction of sp³-hybridized carbons (Fsp3) is 0.538. The maximum absolute atomic E-state index is 12.1. The van der Waals surface area contributed by atoms with Gasteiger partial charge in [0.25, 0.3) is 5.91 Å². The van der Waals surface area contributed by atoms with Gasteiger partial charge in [0, 0.05) is 25.0 Å². The second-order valence-electron chi connectivity index (χ2n) is 4.55. The lowest BCUT2D eigenvalue weighted by molar-refractivity contribution is 0.0936. The predicted octanol–water partition coefficient (Wildman–Crippen LogP) is 2.04. The van der Waals surface area contributed by atoms with Crippen molar-refractivity contribution >= 4 is 11.6 Å². The van der Waals surface area contributed by atoms with Gasteiger partial charge in [-0.25, -0.2) is 0 Å². The van der Waals surface area contributed by atoms with Gasteiger partial charge in [0.05, 0.1) is 11.3 Å². The fourth-order valence-corrected chi connectivity index (χ4v) is 1.92. The molecular formula is C13H19N3O.